The van der Waals surface area contributed by atoms with E-state index in [1.165, 1.54) is 0 Å². The van der Waals surface area contributed by atoms with Crippen LogP contribution in [-0.2, 0) is 16.1 Å². The van der Waals surface area contributed by atoms with E-state index in [-0.39, 0.29) is 17.9 Å². The Morgan fingerprint density at radius 3 is 2.15 bits per heavy atom. The molecule has 1 atom stereocenters. The van der Waals surface area contributed by atoms with Gasteiger partial charge in [-0.1, -0.05) is 41.5 Å². The third kappa shape index (κ3) is 6.26. The topological polar surface area (TPSA) is 52.7 Å². The van der Waals surface area contributed by atoms with Gasteiger partial charge >= 0.3 is 0 Å². The van der Waals surface area contributed by atoms with Crippen LogP contribution in [0.25, 0.3) is 0 Å². The lowest BCUT2D eigenvalue weighted by Crippen LogP contribution is -2.46. The lowest BCUT2D eigenvalue weighted by molar-refractivity contribution is -0.143. The minimum atomic E-state index is -0.449. The van der Waals surface area contributed by atoms with Gasteiger partial charge in [-0.15, -0.1) is 0 Å². The average Bonchev–Trinajstić information content (AvgIpc) is 2.57. The number of hydrogen-bond acceptors (Lipinski definition) is 3. The fourth-order valence-electron chi connectivity index (χ4n) is 2.85. The van der Waals surface area contributed by atoms with Crippen molar-refractivity contribution in [3.8, 4) is 0 Å². The van der Waals surface area contributed by atoms with Crippen LogP contribution in [0, 0.1) is 11.3 Å². The molecule has 27 heavy (non-hydrogen) atoms. The smallest absolute Gasteiger partial charge is 0.228 e. The second kappa shape index (κ2) is 9.25. The minimum Gasteiger partial charge on any atom is -0.377 e. The van der Waals surface area contributed by atoms with Crippen molar-refractivity contribution >= 4 is 23.2 Å². The Bertz CT molecular complexity index is 660. The van der Waals surface area contributed by atoms with Crippen LogP contribution >= 0.6 is 0 Å². The van der Waals surface area contributed by atoms with E-state index >= 15 is 0 Å². The molecule has 1 unspecified atom stereocenters. The van der Waals surface area contributed by atoms with E-state index in [0.717, 1.165) is 16.9 Å². The molecule has 1 aromatic rings. The Kier molecular flexibility index (Phi) is 7.88. The fourth-order valence-corrected chi connectivity index (χ4v) is 2.85. The maximum absolute atomic E-state index is 13.1. The molecule has 0 saturated carbocycles. The molecule has 0 fully saturated rings. The molecule has 1 rings (SSSR count). The number of carbonyl (C=O) groups excluding carboxylic acids is 2. The highest BCUT2D eigenvalue weighted by atomic mass is 16.2. The van der Waals surface area contributed by atoms with Crippen LogP contribution < -0.4 is 10.2 Å². The SMILES string of the molecule is CCC(=O)Nc1ccc(N(C)C)c(CN(C(=O)C(C)(C)C)C(C)C(C)C)c1. The van der Waals surface area contributed by atoms with E-state index < -0.39 is 5.41 Å². The molecule has 1 aromatic carbocycles. The molecule has 0 radical (unpaired) electrons. The van der Waals surface area contributed by atoms with Crippen molar-refractivity contribution in [1.82, 2.24) is 4.90 Å². The zero-order valence-corrected chi connectivity index (χ0v) is 18.5. The molecule has 0 saturated heterocycles. The first-order valence-corrected chi connectivity index (χ1v) is 9.79. The summed E-state index contributed by atoms with van der Waals surface area (Å²) >= 11 is 0. The molecular weight excluding hydrogens is 338 g/mol. The van der Waals surface area contributed by atoms with Gasteiger partial charge in [0.2, 0.25) is 11.8 Å². The molecule has 0 heterocycles. The molecule has 2 amide bonds. The summed E-state index contributed by atoms with van der Waals surface area (Å²) in [6.07, 6.45) is 0.434. The highest BCUT2D eigenvalue weighted by Gasteiger charge is 2.32. The lowest BCUT2D eigenvalue weighted by Gasteiger charge is -2.37. The molecule has 1 N–H and O–H groups in total. The Morgan fingerprint density at radius 1 is 1.11 bits per heavy atom. The summed E-state index contributed by atoms with van der Waals surface area (Å²) in [5.41, 5.74) is 2.39. The van der Waals surface area contributed by atoms with Crippen molar-refractivity contribution in [3.05, 3.63) is 23.8 Å². The maximum Gasteiger partial charge on any atom is 0.228 e. The van der Waals surface area contributed by atoms with Crippen molar-refractivity contribution in [2.45, 2.75) is 67.5 Å². The molecule has 5 heteroatoms. The van der Waals surface area contributed by atoms with E-state index in [1.807, 2.05) is 69.8 Å². The van der Waals surface area contributed by atoms with Gasteiger partial charge in [0, 0.05) is 49.9 Å². The molecule has 152 valence electrons. The van der Waals surface area contributed by atoms with Gasteiger partial charge in [0.1, 0.15) is 0 Å². The third-order valence-corrected chi connectivity index (χ3v) is 4.87. The molecule has 0 bridgehead atoms. The van der Waals surface area contributed by atoms with Crippen LogP contribution in [0.2, 0.25) is 0 Å². The predicted molar refractivity (Wildman–Crippen MR) is 114 cm³/mol. The van der Waals surface area contributed by atoms with Crippen molar-refractivity contribution in [1.29, 1.82) is 0 Å². The Balaban J connectivity index is 3.34. The number of carbonyl (C=O) groups is 2. The van der Waals surface area contributed by atoms with E-state index in [0.29, 0.717) is 18.9 Å². The van der Waals surface area contributed by atoms with Crippen molar-refractivity contribution < 1.29 is 9.59 Å². The van der Waals surface area contributed by atoms with Gasteiger partial charge in [0.25, 0.3) is 0 Å². The molecule has 0 aromatic heterocycles. The summed E-state index contributed by atoms with van der Waals surface area (Å²) in [5.74, 6) is 0.468. The number of hydrogen-bond donors (Lipinski definition) is 1. The number of nitrogens with one attached hydrogen (secondary N) is 1. The standard InChI is InChI=1S/C22H37N3O2/c1-10-20(26)23-18-11-12-19(24(8)9)17(13-18)14-25(16(4)15(2)3)21(27)22(5,6)7/h11-13,15-16H,10,14H2,1-9H3,(H,23,26). The summed E-state index contributed by atoms with van der Waals surface area (Å²) in [5, 5.41) is 2.92. The van der Waals surface area contributed by atoms with Gasteiger partial charge in [-0.05, 0) is 36.6 Å². The van der Waals surface area contributed by atoms with Gasteiger partial charge in [-0.2, -0.15) is 0 Å². The molecule has 0 aliphatic rings. The first kappa shape index (κ1) is 23.0. The Morgan fingerprint density at radius 2 is 1.70 bits per heavy atom. The lowest BCUT2D eigenvalue weighted by atomic mass is 9.92. The first-order valence-electron chi connectivity index (χ1n) is 9.79. The van der Waals surface area contributed by atoms with Gasteiger partial charge in [-0.25, -0.2) is 0 Å². The zero-order chi connectivity index (χ0) is 20.9. The molecule has 0 spiro atoms. The number of nitrogens with zero attached hydrogens (tertiary/aromatic N) is 2. The van der Waals surface area contributed by atoms with E-state index in [2.05, 4.69) is 26.1 Å². The average molecular weight is 376 g/mol. The minimum absolute atomic E-state index is 0.0169. The van der Waals surface area contributed by atoms with E-state index in [9.17, 15) is 9.59 Å². The summed E-state index contributed by atoms with van der Waals surface area (Å²) < 4.78 is 0. The number of benzene rings is 1. The number of anilines is 2. The van der Waals surface area contributed by atoms with E-state index in [4.69, 9.17) is 0 Å². The highest BCUT2D eigenvalue weighted by Crippen LogP contribution is 2.29. The summed E-state index contributed by atoms with van der Waals surface area (Å²) in [6, 6.07) is 6.01. The monoisotopic (exact) mass is 375 g/mol. The van der Waals surface area contributed by atoms with Crippen LogP contribution in [0.1, 0.15) is 60.5 Å². The molecule has 0 aliphatic heterocycles. The normalized spacial score (nSPS) is 12.7. The summed E-state index contributed by atoms with van der Waals surface area (Å²) in [6.45, 7) is 14.6. The Hall–Kier alpha value is -2.04. The van der Waals surface area contributed by atoms with Crippen LogP contribution in [0.4, 0.5) is 11.4 Å². The maximum atomic E-state index is 13.1. The first-order chi connectivity index (χ1) is 12.4. The largest absolute Gasteiger partial charge is 0.377 e. The van der Waals surface area contributed by atoms with Crippen LogP contribution in [0.5, 0.6) is 0 Å². The van der Waals surface area contributed by atoms with Gasteiger partial charge < -0.3 is 15.1 Å². The molecular formula is C22H37N3O2. The molecule has 5 nitrogen and oxygen atoms in total. The third-order valence-electron chi connectivity index (χ3n) is 4.87. The van der Waals surface area contributed by atoms with Gasteiger partial charge in [0.05, 0.1) is 0 Å². The predicted octanol–water partition coefficient (Wildman–Crippen LogP) is 4.52. The van der Waals surface area contributed by atoms with Gasteiger partial charge in [-0.3, -0.25) is 9.59 Å². The zero-order valence-electron chi connectivity index (χ0n) is 18.5. The van der Waals surface area contributed by atoms with Gasteiger partial charge in [0.15, 0.2) is 0 Å². The fraction of sp³-hybridized carbons (Fsp3) is 0.636. The van der Waals surface area contributed by atoms with Crippen LogP contribution in [-0.4, -0.2) is 36.9 Å². The number of amides is 2. The van der Waals surface area contributed by atoms with Crippen molar-refractivity contribution in [3.63, 3.8) is 0 Å². The van der Waals surface area contributed by atoms with E-state index in [1.54, 1.807) is 0 Å². The Labute approximate surface area is 165 Å². The molecule has 0 aliphatic carbocycles. The van der Waals surface area contributed by atoms with Crippen LogP contribution in [0.3, 0.4) is 0 Å². The summed E-state index contributed by atoms with van der Waals surface area (Å²) in [7, 11) is 3.98. The van der Waals surface area contributed by atoms with Crippen molar-refractivity contribution in [2.24, 2.45) is 11.3 Å². The van der Waals surface area contributed by atoms with Crippen molar-refractivity contribution in [2.75, 3.05) is 24.3 Å². The quantitative estimate of drug-likeness (QED) is 0.762. The number of rotatable bonds is 7. The highest BCUT2D eigenvalue weighted by molar-refractivity contribution is 5.91. The summed E-state index contributed by atoms with van der Waals surface area (Å²) in [4.78, 5) is 28.9. The second-order valence-corrected chi connectivity index (χ2v) is 8.81. The second-order valence-electron chi connectivity index (χ2n) is 8.81. The van der Waals surface area contributed by atoms with Crippen LogP contribution in [0.15, 0.2) is 18.2 Å².